The van der Waals surface area contributed by atoms with Crippen LogP contribution < -0.4 is 27.4 Å². The summed E-state index contributed by atoms with van der Waals surface area (Å²) in [7, 11) is 1.64. The number of unbranched alkanes of at least 4 members (excludes halogenated alkanes) is 1. The lowest BCUT2D eigenvalue weighted by Crippen LogP contribution is -2.57. The monoisotopic (exact) mass is 780 g/mol. The molecule has 5 aromatic rings. The van der Waals surface area contributed by atoms with Crippen LogP contribution in [0.15, 0.2) is 101 Å². The molecular formula is C42H49ClN8O3S. The number of pyridine rings is 1. The molecule has 0 unspecified atom stereocenters. The lowest BCUT2D eigenvalue weighted by molar-refractivity contribution is -0.142. The SMILES string of the molecule is CN1C(=O)[C@H](CCCCN)NC(=O)[C@H](CCCN)NCc2cc(-c3cccnc3)ccc2Sc2c(Cl)cccc2CNC(=O)[C@@H]1Cc1c[nH]c2ccccc12. The van der Waals surface area contributed by atoms with Gasteiger partial charge in [-0.1, -0.05) is 65.8 Å². The number of nitrogens with one attached hydrogen (secondary N) is 4. The summed E-state index contributed by atoms with van der Waals surface area (Å²) in [6.07, 6.45) is 8.45. The molecule has 0 saturated heterocycles. The molecule has 0 radical (unpaired) electrons. The third-order valence-electron chi connectivity index (χ3n) is 10.1. The number of amides is 3. The Kier molecular flexibility index (Phi) is 14.0. The summed E-state index contributed by atoms with van der Waals surface area (Å²) in [6, 6.07) is 21.2. The van der Waals surface area contributed by atoms with E-state index in [2.05, 4.69) is 38.1 Å². The topological polar surface area (TPSA) is 171 Å². The number of halogens is 1. The molecule has 3 amide bonds. The van der Waals surface area contributed by atoms with E-state index in [-0.39, 0.29) is 30.7 Å². The summed E-state index contributed by atoms with van der Waals surface area (Å²) in [4.78, 5) is 53.9. The molecule has 0 bridgehead atoms. The first-order valence-corrected chi connectivity index (χ1v) is 20.0. The highest BCUT2D eigenvalue weighted by Gasteiger charge is 2.34. The van der Waals surface area contributed by atoms with E-state index in [1.807, 2.05) is 73.1 Å². The van der Waals surface area contributed by atoms with Gasteiger partial charge in [0, 0.05) is 65.8 Å². The highest BCUT2D eigenvalue weighted by molar-refractivity contribution is 7.99. The van der Waals surface area contributed by atoms with Crippen molar-refractivity contribution in [1.82, 2.24) is 30.8 Å². The van der Waals surface area contributed by atoms with Crippen molar-refractivity contribution in [2.24, 2.45) is 11.5 Å². The van der Waals surface area contributed by atoms with Gasteiger partial charge in [0.2, 0.25) is 17.7 Å². The molecule has 1 aliphatic heterocycles. The van der Waals surface area contributed by atoms with Crippen LogP contribution in [-0.4, -0.2) is 70.9 Å². The zero-order valence-electron chi connectivity index (χ0n) is 31.0. The Morgan fingerprint density at radius 1 is 0.855 bits per heavy atom. The van der Waals surface area contributed by atoms with Gasteiger partial charge in [-0.05, 0) is 103 Å². The number of benzene rings is 3. The van der Waals surface area contributed by atoms with Gasteiger partial charge in [-0.3, -0.25) is 19.4 Å². The number of fused-ring (bicyclic) bond motifs is 3. The van der Waals surface area contributed by atoms with Crippen molar-refractivity contribution in [3.63, 3.8) is 0 Å². The van der Waals surface area contributed by atoms with E-state index in [4.69, 9.17) is 23.1 Å². The molecule has 0 spiro atoms. The summed E-state index contributed by atoms with van der Waals surface area (Å²) >= 11 is 8.41. The Bertz CT molecular complexity index is 2090. The third-order valence-corrected chi connectivity index (χ3v) is 11.8. The maximum atomic E-state index is 14.5. The lowest BCUT2D eigenvalue weighted by atomic mass is 10.0. The van der Waals surface area contributed by atoms with Crippen molar-refractivity contribution in [1.29, 1.82) is 0 Å². The first-order valence-electron chi connectivity index (χ1n) is 18.8. The minimum atomic E-state index is -0.885. The number of rotatable bonds is 10. The second-order valence-electron chi connectivity index (χ2n) is 13.9. The number of aromatic amines is 1. The Labute approximate surface area is 331 Å². The van der Waals surface area contributed by atoms with Crippen LogP contribution in [-0.2, 0) is 33.9 Å². The number of para-hydroxylation sites is 1. The van der Waals surface area contributed by atoms with E-state index in [0.29, 0.717) is 56.8 Å². The molecule has 55 heavy (non-hydrogen) atoms. The van der Waals surface area contributed by atoms with Crippen LogP contribution in [0.1, 0.15) is 48.8 Å². The molecule has 13 heteroatoms. The average molecular weight is 781 g/mol. The summed E-state index contributed by atoms with van der Waals surface area (Å²) in [5.74, 6) is -0.976. The molecule has 6 rings (SSSR count). The van der Waals surface area contributed by atoms with Crippen LogP contribution in [0.5, 0.6) is 0 Å². The molecule has 3 heterocycles. The molecule has 0 aliphatic carbocycles. The molecule has 288 valence electrons. The van der Waals surface area contributed by atoms with Crippen molar-refractivity contribution in [3.05, 3.63) is 113 Å². The van der Waals surface area contributed by atoms with Gasteiger partial charge < -0.3 is 37.3 Å². The predicted molar refractivity (Wildman–Crippen MR) is 219 cm³/mol. The van der Waals surface area contributed by atoms with Crippen LogP contribution >= 0.6 is 23.4 Å². The van der Waals surface area contributed by atoms with Crippen LogP contribution in [0.3, 0.4) is 0 Å². The van der Waals surface area contributed by atoms with Crippen LogP contribution in [0.2, 0.25) is 5.02 Å². The number of carbonyl (C=O) groups excluding carboxylic acids is 3. The standard InChI is InChI=1S/C42H49ClN8O3S/c1-51-37(22-30-25-47-34-13-3-2-11-32(30)34)41(53)49-24-29-9-6-12-33(43)39(29)55-38-17-16-27(28-10-8-20-46-23-28)21-31(38)26-48-35(15-7-19-45)40(52)50-36(42(51)54)14-4-5-18-44/h2-3,6,8-13,16-17,20-21,23,25,35-37,47-48H,4-5,7,14-15,18-19,22,24,26,44-45H2,1H3,(H,49,53)(H,50,52)/t35-,36-,37-/m0/s1. The van der Waals surface area contributed by atoms with Gasteiger partial charge in [-0.15, -0.1) is 0 Å². The Morgan fingerprint density at radius 3 is 2.47 bits per heavy atom. The number of likely N-dealkylation sites (N-methyl/N-ethyl adjacent to an activating group) is 1. The van der Waals surface area contributed by atoms with Gasteiger partial charge in [-0.25, -0.2) is 0 Å². The zero-order valence-corrected chi connectivity index (χ0v) is 32.6. The lowest BCUT2D eigenvalue weighted by Gasteiger charge is -2.32. The first kappa shape index (κ1) is 40.0. The van der Waals surface area contributed by atoms with Gasteiger partial charge in [0.25, 0.3) is 0 Å². The van der Waals surface area contributed by atoms with Crippen molar-refractivity contribution in [2.45, 2.75) is 79.5 Å². The maximum absolute atomic E-state index is 14.5. The molecule has 3 aromatic carbocycles. The Hall–Kier alpha value is -4.72. The molecule has 0 fully saturated rings. The second-order valence-corrected chi connectivity index (χ2v) is 15.3. The molecule has 3 atom stereocenters. The number of nitrogens with two attached hydrogens (primary N) is 2. The summed E-state index contributed by atoms with van der Waals surface area (Å²) in [5, 5.41) is 11.2. The molecule has 11 nitrogen and oxygen atoms in total. The maximum Gasteiger partial charge on any atom is 0.245 e. The quantitative estimate of drug-likeness (QED) is 0.100. The summed E-state index contributed by atoms with van der Waals surface area (Å²) < 4.78 is 0. The third kappa shape index (κ3) is 9.94. The Morgan fingerprint density at radius 2 is 1.67 bits per heavy atom. The van der Waals surface area contributed by atoms with Crippen molar-refractivity contribution in [2.75, 3.05) is 20.1 Å². The number of nitrogens with zero attached hydrogens (tertiary/aromatic N) is 2. The van der Waals surface area contributed by atoms with E-state index >= 15 is 0 Å². The van der Waals surface area contributed by atoms with Gasteiger partial charge in [0.1, 0.15) is 12.1 Å². The molecule has 2 aromatic heterocycles. The van der Waals surface area contributed by atoms with Gasteiger partial charge in [0.05, 0.1) is 11.1 Å². The zero-order chi connectivity index (χ0) is 38.7. The van der Waals surface area contributed by atoms with E-state index < -0.39 is 18.1 Å². The van der Waals surface area contributed by atoms with Crippen LogP contribution in [0.4, 0.5) is 0 Å². The molecule has 0 saturated carbocycles. The van der Waals surface area contributed by atoms with Crippen LogP contribution in [0, 0.1) is 0 Å². The minimum absolute atomic E-state index is 0.188. The molecule has 1 aliphatic rings. The van der Waals surface area contributed by atoms with E-state index in [1.165, 1.54) is 16.7 Å². The number of hydrogen-bond acceptors (Lipinski definition) is 8. The van der Waals surface area contributed by atoms with Gasteiger partial charge in [0.15, 0.2) is 0 Å². The fourth-order valence-corrected chi connectivity index (χ4v) is 8.33. The predicted octanol–water partition coefficient (Wildman–Crippen LogP) is 5.54. The highest BCUT2D eigenvalue weighted by atomic mass is 35.5. The first-order chi connectivity index (χ1) is 26.8. The number of hydrogen-bond donors (Lipinski definition) is 6. The Balaban J connectivity index is 1.42. The summed E-state index contributed by atoms with van der Waals surface area (Å²) in [5.41, 5.74) is 17.3. The van der Waals surface area contributed by atoms with Crippen molar-refractivity contribution in [3.8, 4) is 11.1 Å². The largest absolute Gasteiger partial charge is 0.361 e. The van der Waals surface area contributed by atoms with E-state index in [9.17, 15) is 14.4 Å². The van der Waals surface area contributed by atoms with Gasteiger partial charge >= 0.3 is 0 Å². The molecular weight excluding hydrogens is 732 g/mol. The number of aromatic nitrogens is 2. The fourth-order valence-electron chi connectivity index (χ4n) is 6.96. The summed E-state index contributed by atoms with van der Waals surface area (Å²) in [6.45, 7) is 1.41. The molecule has 8 N–H and O–H groups in total. The van der Waals surface area contributed by atoms with E-state index in [0.717, 1.165) is 48.5 Å². The van der Waals surface area contributed by atoms with Gasteiger partial charge in [-0.2, -0.15) is 0 Å². The number of carbonyl (C=O) groups is 3. The fraction of sp³-hybridized carbons (Fsp3) is 0.333. The average Bonchev–Trinajstić information content (AvgIpc) is 3.62. The van der Waals surface area contributed by atoms with Crippen molar-refractivity contribution < 1.29 is 14.4 Å². The number of H-pyrrole nitrogens is 1. The minimum Gasteiger partial charge on any atom is -0.361 e. The van der Waals surface area contributed by atoms with E-state index in [1.54, 1.807) is 13.2 Å². The highest BCUT2D eigenvalue weighted by Crippen LogP contribution is 2.39. The van der Waals surface area contributed by atoms with Crippen molar-refractivity contribution >= 4 is 52.0 Å². The second kappa shape index (κ2) is 19.2. The smallest absolute Gasteiger partial charge is 0.245 e. The normalized spacial score (nSPS) is 18.7. The van der Waals surface area contributed by atoms with Crippen LogP contribution in [0.25, 0.3) is 22.0 Å².